The molecule has 13 heavy (non-hydrogen) atoms. The lowest BCUT2D eigenvalue weighted by molar-refractivity contribution is 0.673. The van der Waals surface area contributed by atoms with Gasteiger partial charge in [0.15, 0.2) is 0 Å². The lowest BCUT2D eigenvalue weighted by atomic mass is 10.3. The van der Waals surface area contributed by atoms with E-state index >= 15 is 0 Å². The highest BCUT2D eigenvalue weighted by Crippen LogP contribution is 2.03. The van der Waals surface area contributed by atoms with Gasteiger partial charge in [-0.3, -0.25) is 0 Å². The van der Waals surface area contributed by atoms with Crippen LogP contribution in [0.4, 0.5) is 0 Å². The van der Waals surface area contributed by atoms with E-state index in [2.05, 4.69) is 28.6 Å². The van der Waals surface area contributed by atoms with Crippen molar-refractivity contribution in [3.8, 4) is 0 Å². The summed E-state index contributed by atoms with van der Waals surface area (Å²) in [6.45, 7) is 3.90. The minimum Gasteiger partial charge on any atom is -0.331 e. The smallest absolute Gasteiger partial charge is 0.0950 e. The average molecular weight is 179 g/mol. The molecule has 1 heterocycles. The minimum atomic E-state index is 0.707. The van der Waals surface area contributed by atoms with E-state index < -0.39 is 0 Å². The third-order valence-electron chi connectivity index (χ3n) is 1.83. The van der Waals surface area contributed by atoms with Crippen LogP contribution in [-0.4, -0.2) is 16.1 Å². The summed E-state index contributed by atoms with van der Waals surface area (Å²) < 4.78 is 2.15. The van der Waals surface area contributed by atoms with Crippen LogP contribution in [0.1, 0.15) is 25.5 Å². The Morgan fingerprint density at radius 3 is 3.15 bits per heavy atom. The average Bonchev–Trinajstić information content (AvgIpc) is 2.54. The lowest BCUT2D eigenvalue weighted by Crippen LogP contribution is -1.97. The summed E-state index contributed by atoms with van der Waals surface area (Å²) in [4.78, 5) is 4.10. The fourth-order valence-corrected chi connectivity index (χ4v) is 1.20. The van der Waals surface area contributed by atoms with Crippen molar-refractivity contribution in [2.75, 3.05) is 6.54 Å². The second kappa shape index (κ2) is 5.54. The SMILES string of the molecule is CCCn1cncc1C=CCCN. The van der Waals surface area contributed by atoms with Gasteiger partial charge >= 0.3 is 0 Å². The summed E-state index contributed by atoms with van der Waals surface area (Å²) in [5.74, 6) is 0. The molecule has 3 nitrogen and oxygen atoms in total. The molecule has 0 aromatic carbocycles. The molecular formula is C10H17N3. The standard InChI is InChI=1S/C10H17N3/c1-2-7-13-9-12-8-10(13)5-3-4-6-11/h3,5,8-9H,2,4,6-7,11H2,1H3. The second-order valence-corrected chi connectivity index (χ2v) is 2.99. The van der Waals surface area contributed by atoms with Crippen LogP contribution in [-0.2, 0) is 6.54 Å². The minimum absolute atomic E-state index is 0.707. The van der Waals surface area contributed by atoms with Gasteiger partial charge in [0.2, 0.25) is 0 Å². The quantitative estimate of drug-likeness (QED) is 0.747. The maximum absolute atomic E-state index is 5.39. The molecule has 0 aliphatic carbocycles. The van der Waals surface area contributed by atoms with Crippen LogP contribution in [0.3, 0.4) is 0 Å². The van der Waals surface area contributed by atoms with E-state index in [0.29, 0.717) is 6.54 Å². The molecule has 0 radical (unpaired) electrons. The van der Waals surface area contributed by atoms with Gasteiger partial charge in [0.1, 0.15) is 0 Å². The van der Waals surface area contributed by atoms with Gasteiger partial charge in [-0.25, -0.2) is 4.98 Å². The highest BCUT2D eigenvalue weighted by atomic mass is 15.0. The topological polar surface area (TPSA) is 43.8 Å². The Bertz CT molecular complexity index is 263. The molecule has 72 valence electrons. The first-order chi connectivity index (χ1) is 6.38. The summed E-state index contributed by atoms with van der Waals surface area (Å²) >= 11 is 0. The van der Waals surface area contributed by atoms with Gasteiger partial charge in [0.25, 0.3) is 0 Å². The molecule has 0 bridgehead atoms. The van der Waals surface area contributed by atoms with Crippen LogP contribution < -0.4 is 5.73 Å². The summed E-state index contributed by atoms with van der Waals surface area (Å²) in [6.07, 6.45) is 9.97. The van der Waals surface area contributed by atoms with E-state index in [1.165, 1.54) is 0 Å². The molecule has 0 aliphatic heterocycles. The molecule has 1 rings (SSSR count). The van der Waals surface area contributed by atoms with Crippen LogP contribution in [0.2, 0.25) is 0 Å². The maximum Gasteiger partial charge on any atom is 0.0950 e. The summed E-state index contributed by atoms with van der Waals surface area (Å²) in [5.41, 5.74) is 6.55. The molecule has 2 N–H and O–H groups in total. The Balaban J connectivity index is 2.59. The van der Waals surface area contributed by atoms with E-state index in [-0.39, 0.29) is 0 Å². The number of hydrogen-bond acceptors (Lipinski definition) is 2. The van der Waals surface area contributed by atoms with Crippen LogP contribution in [0.15, 0.2) is 18.6 Å². The number of hydrogen-bond donors (Lipinski definition) is 1. The molecule has 0 unspecified atom stereocenters. The third kappa shape index (κ3) is 3.03. The van der Waals surface area contributed by atoms with Crippen molar-refractivity contribution in [3.05, 3.63) is 24.3 Å². The van der Waals surface area contributed by atoms with Crippen molar-refractivity contribution in [2.45, 2.75) is 26.3 Å². The maximum atomic E-state index is 5.39. The molecule has 1 aromatic rings. The van der Waals surface area contributed by atoms with Crippen molar-refractivity contribution in [1.82, 2.24) is 9.55 Å². The van der Waals surface area contributed by atoms with Gasteiger partial charge < -0.3 is 10.3 Å². The molecule has 0 fully saturated rings. The number of nitrogens with zero attached hydrogens (tertiary/aromatic N) is 2. The first kappa shape index (κ1) is 9.99. The molecule has 0 atom stereocenters. The predicted octanol–water partition coefficient (Wildman–Crippen LogP) is 1.66. The number of imidazole rings is 1. The van der Waals surface area contributed by atoms with E-state index in [1.807, 2.05) is 12.5 Å². The van der Waals surface area contributed by atoms with Gasteiger partial charge in [0.05, 0.1) is 18.2 Å². The monoisotopic (exact) mass is 179 g/mol. The zero-order valence-corrected chi connectivity index (χ0v) is 8.11. The highest BCUT2D eigenvalue weighted by molar-refractivity contribution is 5.43. The summed E-state index contributed by atoms with van der Waals surface area (Å²) in [5, 5.41) is 0. The lowest BCUT2D eigenvalue weighted by Gasteiger charge is -2.01. The second-order valence-electron chi connectivity index (χ2n) is 2.99. The van der Waals surface area contributed by atoms with Crippen molar-refractivity contribution in [1.29, 1.82) is 0 Å². The van der Waals surface area contributed by atoms with Crippen molar-refractivity contribution < 1.29 is 0 Å². The van der Waals surface area contributed by atoms with Crippen molar-refractivity contribution in [2.24, 2.45) is 5.73 Å². The van der Waals surface area contributed by atoms with Crippen LogP contribution >= 0.6 is 0 Å². The van der Waals surface area contributed by atoms with E-state index in [9.17, 15) is 0 Å². The third-order valence-corrected chi connectivity index (χ3v) is 1.83. The Morgan fingerprint density at radius 1 is 1.62 bits per heavy atom. The normalized spacial score (nSPS) is 11.2. The Hall–Kier alpha value is -1.09. The Morgan fingerprint density at radius 2 is 2.46 bits per heavy atom. The van der Waals surface area contributed by atoms with Crippen molar-refractivity contribution in [3.63, 3.8) is 0 Å². The van der Waals surface area contributed by atoms with Gasteiger partial charge in [-0.2, -0.15) is 0 Å². The molecule has 0 saturated carbocycles. The van der Waals surface area contributed by atoms with Crippen LogP contribution in [0, 0.1) is 0 Å². The molecule has 0 spiro atoms. The van der Waals surface area contributed by atoms with Crippen LogP contribution in [0.25, 0.3) is 6.08 Å². The van der Waals surface area contributed by atoms with Crippen molar-refractivity contribution >= 4 is 6.08 Å². The van der Waals surface area contributed by atoms with E-state index in [1.54, 1.807) is 0 Å². The highest BCUT2D eigenvalue weighted by Gasteiger charge is 1.95. The molecule has 0 amide bonds. The van der Waals surface area contributed by atoms with Crippen LogP contribution in [0.5, 0.6) is 0 Å². The number of nitrogens with two attached hydrogens (primary N) is 1. The first-order valence-corrected chi connectivity index (χ1v) is 4.75. The zero-order valence-electron chi connectivity index (χ0n) is 8.11. The van der Waals surface area contributed by atoms with E-state index in [0.717, 1.165) is 25.1 Å². The zero-order chi connectivity index (χ0) is 9.52. The number of aryl methyl sites for hydroxylation is 1. The molecular weight excluding hydrogens is 162 g/mol. The van der Waals surface area contributed by atoms with Gasteiger partial charge in [-0.15, -0.1) is 0 Å². The molecule has 0 saturated heterocycles. The van der Waals surface area contributed by atoms with Gasteiger partial charge in [-0.1, -0.05) is 13.0 Å². The van der Waals surface area contributed by atoms with Gasteiger partial charge in [-0.05, 0) is 25.5 Å². The summed E-state index contributed by atoms with van der Waals surface area (Å²) in [7, 11) is 0. The predicted molar refractivity (Wildman–Crippen MR) is 55.2 cm³/mol. The Labute approximate surface area is 79.3 Å². The number of rotatable bonds is 5. The Kier molecular flexibility index (Phi) is 4.26. The fraction of sp³-hybridized carbons (Fsp3) is 0.500. The summed E-state index contributed by atoms with van der Waals surface area (Å²) in [6, 6.07) is 0. The molecule has 0 aliphatic rings. The fourth-order valence-electron chi connectivity index (χ4n) is 1.20. The number of aromatic nitrogens is 2. The van der Waals surface area contributed by atoms with Gasteiger partial charge in [0, 0.05) is 6.54 Å². The van der Waals surface area contributed by atoms with E-state index in [4.69, 9.17) is 5.73 Å². The first-order valence-electron chi connectivity index (χ1n) is 4.75. The molecule has 1 aromatic heterocycles. The molecule has 3 heteroatoms. The largest absolute Gasteiger partial charge is 0.331 e.